The number of aromatic nitrogens is 1. The van der Waals surface area contributed by atoms with Crippen molar-refractivity contribution in [3.05, 3.63) is 29.3 Å². The summed E-state index contributed by atoms with van der Waals surface area (Å²) >= 11 is 1.31. The molecule has 9 nitrogen and oxygen atoms in total. The maximum atomic E-state index is 13.2. The first-order valence-electron chi connectivity index (χ1n) is 8.81. The van der Waals surface area contributed by atoms with Gasteiger partial charge in [-0.25, -0.2) is 4.98 Å². The summed E-state index contributed by atoms with van der Waals surface area (Å²) in [6.45, 7) is 0.681. The third-order valence-corrected chi connectivity index (χ3v) is 4.68. The van der Waals surface area contributed by atoms with Gasteiger partial charge in [-0.15, -0.1) is 11.3 Å². The van der Waals surface area contributed by atoms with E-state index in [2.05, 4.69) is 10.3 Å². The predicted octanol–water partition coefficient (Wildman–Crippen LogP) is 2.29. The molecule has 10 heteroatoms. The minimum absolute atomic E-state index is 0.126. The zero-order valence-corrected chi connectivity index (χ0v) is 17.7. The van der Waals surface area contributed by atoms with Gasteiger partial charge in [0.2, 0.25) is 11.7 Å². The lowest BCUT2D eigenvalue weighted by atomic mass is 10.1. The second-order valence-corrected chi connectivity index (χ2v) is 6.77. The Kier molecular flexibility index (Phi) is 8.68. The quantitative estimate of drug-likeness (QED) is 0.554. The average molecular weight is 423 g/mol. The van der Waals surface area contributed by atoms with Crippen LogP contribution >= 0.6 is 11.3 Å². The van der Waals surface area contributed by atoms with Gasteiger partial charge in [-0.2, -0.15) is 0 Å². The molecule has 1 aromatic carbocycles. The topological polar surface area (TPSA) is 99.2 Å². The SMILES string of the molecule is COCCCN(CC(=O)Nc1nccs1)C(=O)c1cc(OC)c(OC)c(OC)c1. The summed E-state index contributed by atoms with van der Waals surface area (Å²) in [4.78, 5) is 31.0. The molecule has 29 heavy (non-hydrogen) atoms. The Hall–Kier alpha value is -2.85. The summed E-state index contributed by atoms with van der Waals surface area (Å²) in [5.41, 5.74) is 0.318. The number of nitrogens with zero attached hydrogens (tertiary/aromatic N) is 2. The molecule has 1 aromatic heterocycles. The molecule has 0 fully saturated rings. The maximum Gasteiger partial charge on any atom is 0.254 e. The van der Waals surface area contributed by atoms with E-state index in [0.29, 0.717) is 47.5 Å². The van der Waals surface area contributed by atoms with Crippen molar-refractivity contribution in [2.45, 2.75) is 6.42 Å². The van der Waals surface area contributed by atoms with Crippen molar-refractivity contribution < 1.29 is 28.5 Å². The lowest BCUT2D eigenvalue weighted by Gasteiger charge is -2.23. The first-order valence-corrected chi connectivity index (χ1v) is 9.69. The first kappa shape index (κ1) is 22.4. The van der Waals surface area contributed by atoms with Crippen molar-refractivity contribution in [2.75, 3.05) is 53.5 Å². The van der Waals surface area contributed by atoms with Crippen LogP contribution in [0.3, 0.4) is 0 Å². The zero-order valence-electron chi connectivity index (χ0n) is 16.9. The number of carbonyl (C=O) groups is 2. The summed E-state index contributed by atoms with van der Waals surface area (Å²) in [5, 5.41) is 4.92. The van der Waals surface area contributed by atoms with E-state index in [1.807, 2.05) is 0 Å². The van der Waals surface area contributed by atoms with Crippen molar-refractivity contribution >= 4 is 28.3 Å². The Balaban J connectivity index is 2.24. The standard InChI is InChI=1S/C19H25N3O6S/c1-25-8-5-7-22(12-16(23)21-19-20-6-9-29-19)18(24)13-10-14(26-2)17(28-4)15(11-13)27-3/h6,9-11H,5,7-8,12H2,1-4H3,(H,20,21,23). The number of amides is 2. The molecule has 158 valence electrons. The number of benzene rings is 1. The first-order chi connectivity index (χ1) is 14.0. The van der Waals surface area contributed by atoms with Gasteiger partial charge in [-0.3, -0.25) is 9.59 Å². The van der Waals surface area contributed by atoms with E-state index in [-0.39, 0.29) is 18.4 Å². The summed E-state index contributed by atoms with van der Waals surface area (Å²) in [6, 6.07) is 3.12. The van der Waals surface area contributed by atoms with E-state index in [9.17, 15) is 9.59 Å². The van der Waals surface area contributed by atoms with Gasteiger partial charge < -0.3 is 29.2 Å². The van der Waals surface area contributed by atoms with Gasteiger partial charge in [-0.05, 0) is 18.6 Å². The molecule has 2 amide bonds. The Morgan fingerprint density at radius 3 is 2.31 bits per heavy atom. The highest BCUT2D eigenvalue weighted by Crippen LogP contribution is 2.38. The number of carbonyl (C=O) groups excluding carboxylic acids is 2. The third-order valence-electron chi connectivity index (χ3n) is 3.99. The summed E-state index contributed by atoms with van der Waals surface area (Å²) in [6.07, 6.45) is 2.18. The summed E-state index contributed by atoms with van der Waals surface area (Å²) in [5.74, 6) is 0.436. The van der Waals surface area contributed by atoms with Crippen LogP contribution in [0.4, 0.5) is 5.13 Å². The number of anilines is 1. The molecule has 0 aliphatic carbocycles. The van der Waals surface area contributed by atoms with Crippen molar-refractivity contribution in [2.24, 2.45) is 0 Å². The minimum atomic E-state index is -0.338. The van der Waals surface area contributed by atoms with Crippen LogP contribution < -0.4 is 19.5 Å². The van der Waals surface area contributed by atoms with Crippen LogP contribution in [0.15, 0.2) is 23.7 Å². The number of ether oxygens (including phenoxy) is 4. The Bertz CT molecular complexity index is 787. The van der Waals surface area contributed by atoms with Crippen molar-refractivity contribution in [3.8, 4) is 17.2 Å². The van der Waals surface area contributed by atoms with Gasteiger partial charge in [-0.1, -0.05) is 0 Å². The monoisotopic (exact) mass is 423 g/mol. The van der Waals surface area contributed by atoms with Crippen LogP contribution in [0.25, 0.3) is 0 Å². The normalized spacial score (nSPS) is 10.3. The van der Waals surface area contributed by atoms with Gasteiger partial charge in [0.1, 0.15) is 6.54 Å². The van der Waals surface area contributed by atoms with Gasteiger partial charge in [0.25, 0.3) is 5.91 Å². The molecule has 0 saturated carbocycles. The minimum Gasteiger partial charge on any atom is -0.493 e. The second-order valence-electron chi connectivity index (χ2n) is 5.87. The molecule has 0 bridgehead atoms. The lowest BCUT2D eigenvalue weighted by molar-refractivity contribution is -0.116. The van der Waals surface area contributed by atoms with Crippen LogP contribution in [0, 0.1) is 0 Å². The number of rotatable bonds is 11. The van der Waals surface area contributed by atoms with E-state index in [0.717, 1.165) is 0 Å². The van der Waals surface area contributed by atoms with Crippen LogP contribution in [0.2, 0.25) is 0 Å². The highest BCUT2D eigenvalue weighted by Gasteiger charge is 2.23. The van der Waals surface area contributed by atoms with Crippen molar-refractivity contribution in [3.63, 3.8) is 0 Å². The Morgan fingerprint density at radius 1 is 1.10 bits per heavy atom. The molecule has 0 unspecified atom stereocenters. The molecule has 0 aliphatic rings. The fourth-order valence-corrected chi connectivity index (χ4v) is 3.20. The highest BCUT2D eigenvalue weighted by molar-refractivity contribution is 7.13. The number of thiazole rings is 1. The number of methoxy groups -OCH3 is 4. The molecular formula is C19H25N3O6S. The number of hydrogen-bond donors (Lipinski definition) is 1. The van der Waals surface area contributed by atoms with Crippen LogP contribution in [0.5, 0.6) is 17.2 Å². The average Bonchev–Trinajstić information content (AvgIpc) is 3.24. The van der Waals surface area contributed by atoms with E-state index in [1.54, 1.807) is 30.8 Å². The molecule has 0 spiro atoms. The Labute approximate surface area is 173 Å². The highest BCUT2D eigenvalue weighted by atomic mass is 32.1. The molecule has 0 aliphatic heterocycles. The summed E-state index contributed by atoms with van der Waals surface area (Å²) in [7, 11) is 6.02. The predicted molar refractivity (Wildman–Crippen MR) is 109 cm³/mol. The number of nitrogens with one attached hydrogen (secondary N) is 1. The molecule has 2 rings (SSSR count). The molecule has 2 aromatic rings. The number of hydrogen-bond acceptors (Lipinski definition) is 8. The third kappa shape index (κ3) is 6.06. The van der Waals surface area contributed by atoms with Crippen LogP contribution in [-0.2, 0) is 9.53 Å². The van der Waals surface area contributed by atoms with Crippen molar-refractivity contribution in [1.29, 1.82) is 0 Å². The second kappa shape index (κ2) is 11.2. The molecule has 1 heterocycles. The lowest BCUT2D eigenvalue weighted by Crippen LogP contribution is -2.39. The van der Waals surface area contributed by atoms with E-state index in [1.165, 1.54) is 37.6 Å². The van der Waals surface area contributed by atoms with Crippen LogP contribution in [-0.4, -0.2) is 69.8 Å². The molecule has 0 atom stereocenters. The zero-order chi connectivity index (χ0) is 21.2. The van der Waals surface area contributed by atoms with Gasteiger partial charge in [0.15, 0.2) is 16.6 Å². The van der Waals surface area contributed by atoms with Gasteiger partial charge in [0, 0.05) is 37.4 Å². The van der Waals surface area contributed by atoms with Gasteiger partial charge >= 0.3 is 0 Å². The Morgan fingerprint density at radius 2 is 1.79 bits per heavy atom. The maximum absolute atomic E-state index is 13.2. The molecular weight excluding hydrogens is 398 g/mol. The van der Waals surface area contributed by atoms with E-state index in [4.69, 9.17) is 18.9 Å². The molecule has 0 saturated heterocycles. The molecule has 0 radical (unpaired) electrons. The van der Waals surface area contributed by atoms with Crippen LogP contribution in [0.1, 0.15) is 16.8 Å². The molecule has 1 N–H and O–H groups in total. The van der Waals surface area contributed by atoms with E-state index < -0.39 is 0 Å². The fourth-order valence-electron chi connectivity index (χ4n) is 2.66. The summed E-state index contributed by atoms with van der Waals surface area (Å²) < 4.78 is 21.0. The van der Waals surface area contributed by atoms with Crippen molar-refractivity contribution in [1.82, 2.24) is 9.88 Å². The van der Waals surface area contributed by atoms with Gasteiger partial charge in [0.05, 0.1) is 21.3 Å². The van der Waals surface area contributed by atoms with E-state index >= 15 is 0 Å². The smallest absolute Gasteiger partial charge is 0.254 e. The fraction of sp³-hybridized carbons (Fsp3) is 0.421. The largest absolute Gasteiger partial charge is 0.493 e.